The van der Waals surface area contributed by atoms with Crippen molar-refractivity contribution in [3.8, 4) is 0 Å². The second kappa shape index (κ2) is 7.22. The summed E-state index contributed by atoms with van der Waals surface area (Å²) in [7, 11) is 1.67. The van der Waals surface area contributed by atoms with E-state index in [0.717, 1.165) is 23.7 Å². The van der Waals surface area contributed by atoms with Crippen molar-refractivity contribution < 1.29 is 9.53 Å². The third-order valence-electron chi connectivity index (χ3n) is 2.96. The van der Waals surface area contributed by atoms with E-state index in [9.17, 15) is 4.79 Å². The van der Waals surface area contributed by atoms with Crippen LogP contribution < -0.4 is 5.32 Å². The van der Waals surface area contributed by atoms with Crippen LogP contribution in [0.3, 0.4) is 0 Å². The Kier molecular flexibility index (Phi) is 5.32. The predicted molar refractivity (Wildman–Crippen MR) is 80.2 cm³/mol. The van der Waals surface area contributed by atoms with Gasteiger partial charge in [-0.1, -0.05) is 29.8 Å². The van der Waals surface area contributed by atoms with Gasteiger partial charge in [-0.3, -0.25) is 4.79 Å². The molecule has 1 aromatic heterocycles. The molecule has 4 nitrogen and oxygen atoms in total. The lowest BCUT2D eigenvalue weighted by molar-refractivity contribution is 0.0947. The van der Waals surface area contributed by atoms with Gasteiger partial charge in [-0.2, -0.15) is 0 Å². The van der Waals surface area contributed by atoms with Gasteiger partial charge in [0, 0.05) is 25.6 Å². The lowest BCUT2D eigenvalue weighted by Gasteiger charge is -2.06. The van der Waals surface area contributed by atoms with Crippen LogP contribution in [0.4, 0.5) is 0 Å². The summed E-state index contributed by atoms with van der Waals surface area (Å²) in [5.74, 6) is -0.199. The fourth-order valence-electron chi connectivity index (χ4n) is 1.91. The monoisotopic (exact) mass is 292 g/mol. The van der Waals surface area contributed by atoms with Gasteiger partial charge in [0.1, 0.15) is 5.69 Å². The molecule has 0 aliphatic carbocycles. The van der Waals surface area contributed by atoms with E-state index in [1.54, 1.807) is 13.2 Å². The highest BCUT2D eigenvalue weighted by Crippen LogP contribution is 2.22. The van der Waals surface area contributed by atoms with Gasteiger partial charge in [0.25, 0.3) is 5.91 Å². The molecule has 0 saturated carbocycles. The number of hydrogen-bond acceptors (Lipinski definition) is 3. The molecule has 1 N–H and O–H groups in total. The molecule has 2 rings (SSSR count). The molecule has 0 aliphatic rings. The number of nitrogens with zero attached hydrogens (tertiary/aromatic N) is 1. The third kappa shape index (κ3) is 3.68. The molecule has 0 spiro atoms. The Morgan fingerprint density at radius 2 is 2.15 bits per heavy atom. The summed E-state index contributed by atoms with van der Waals surface area (Å²) in [5, 5.41) is 4.23. The van der Waals surface area contributed by atoms with Gasteiger partial charge in [-0.25, -0.2) is 4.98 Å². The first-order valence-electron chi connectivity index (χ1n) is 6.55. The number of ether oxygens (including phenoxy) is 1. The van der Waals surface area contributed by atoms with Crippen molar-refractivity contribution >= 4 is 28.4 Å². The second-order valence-electron chi connectivity index (χ2n) is 4.46. The van der Waals surface area contributed by atoms with Crippen molar-refractivity contribution in [2.24, 2.45) is 0 Å². The quantitative estimate of drug-likeness (QED) is 0.833. The van der Waals surface area contributed by atoms with Crippen molar-refractivity contribution in [2.45, 2.75) is 12.8 Å². The number of carbonyl (C=O) groups excluding carboxylic acids is 1. The van der Waals surface area contributed by atoms with Gasteiger partial charge in [-0.15, -0.1) is 0 Å². The Balaban J connectivity index is 2.03. The maximum absolute atomic E-state index is 12.0. The summed E-state index contributed by atoms with van der Waals surface area (Å²) >= 11 is 6.17. The Morgan fingerprint density at radius 1 is 1.35 bits per heavy atom. The van der Waals surface area contributed by atoms with E-state index in [4.69, 9.17) is 16.3 Å². The zero-order valence-electron chi connectivity index (χ0n) is 11.4. The minimum Gasteiger partial charge on any atom is -0.385 e. The molecule has 0 unspecified atom stereocenters. The van der Waals surface area contributed by atoms with Crippen LogP contribution in [0.25, 0.3) is 10.9 Å². The fraction of sp³-hybridized carbons (Fsp3) is 0.333. The number of methoxy groups -OCH3 is 1. The summed E-state index contributed by atoms with van der Waals surface area (Å²) < 4.78 is 4.95. The van der Waals surface area contributed by atoms with Crippen LogP contribution in [0.1, 0.15) is 23.3 Å². The van der Waals surface area contributed by atoms with E-state index in [1.807, 2.05) is 24.3 Å². The molecule has 20 heavy (non-hydrogen) atoms. The van der Waals surface area contributed by atoms with Crippen LogP contribution in [0.5, 0.6) is 0 Å². The zero-order valence-corrected chi connectivity index (χ0v) is 12.1. The van der Waals surface area contributed by atoms with Crippen LogP contribution in [-0.4, -0.2) is 31.2 Å². The number of fused-ring (bicyclic) bond motifs is 1. The highest BCUT2D eigenvalue weighted by molar-refractivity contribution is 6.35. The average molecular weight is 293 g/mol. The molecule has 0 bridgehead atoms. The molecular weight excluding hydrogens is 276 g/mol. The van der Waals surface area contributed by atoms with E-state index >= 15 is 0 Å². The van der Waals surface area contributed by atoms with Crippen LogP contribution in [0.2, 0.25) is 5.02 Å². The summed E-state index contributed by atoms with van der Waals surface area (Å²) in [6.45, 7) is 1.31. The molecule has 1 amide bonds. The molecule has 1 heterocycles. The summed E-state index contributed by atoms with van der Waals surface area (Å²) in [6, 6.07) is 9.10. The standard InChI is InChI=1S/C15H17ClN2O2/c1-20-9-5-4-8-17-15(19)14-10-12(16)11-6-2-3-7-13(11)18-14/h2-3,6-7,10H,4-5,8-9H2,1H3,(H,17,19). The van der Waals surface area contributed by atoms with E-state index < -0.39 is 0 Å². The van der Waals surface area contributed by atoms with Gasteiger partial charge in [0.15, 0.2) is 0 Å². The SMILES string of the molecule is COCCCCNC(=O)c1cc(Cl)c2ccccc2n1. The molecule has 0 atom stereocenters. The Hall–Kier alpha value is -1.65. The normalized spacial score (nSPS) is 10.7. The fourth-order valence-corrected chi connectivity index (χ4v) is 2.18. The molecular formula is C15H17ClN2O2. The lowest BCUT2D eigenvalue weighted by Crippen LogP contribution is -2.25. The minimum atomic E-state index is -0.199. The Labute approximate surface area is 123 Å². The molecule has 0 fully saturated rings. The van der Waals surface area contributed by atoms with E-state index in [0.29, 0.717) is 23.9 Å². The Morgan fingerprint density at radius 3 is 2.95 bits per heavy atom. The number of amides is 1. The predicted octanol–water partition coefficient (Wildman–Crippen LogP) is 3.04. The van der Waals surface area contributed by atoms with Crippen molar-refractivity contribution in [1.29, 1.82) is 0 Å². The molecule has 1 aromatic carbocycles. The first-order valence-corrected chi connectivity index (χ1v) is 6.92. The number of carbonyl (C=O) groups is 1. The number of halogens is 1. The molecule has 0 aliphatic heterocycles. The summed E-state index contributed by atoms with van der Waals surface area (Å²) in [6.07, 6.45) is 1.80. The second-order valence-corrected chi connectivity index (χ2v) is 4.87. The number of nitrogens with one attached hydrogen (secondary N) is 1. The van der Waals surface area contributed by atoms with E-state index in [-0.39, 0.29) is 5.91 Å². The molecule has 5 heteroatoms. The van der Waals surface area contributed by atoms with Crippen LogP contribution in [0.15, 0.2) is 30.3 Å². The topological polar surface area (TPSA) is 51.2 Å². The van der Waals surface area contributed by atoms with Crippen molar-refractivity contribution in [3.63, 3.8) is 0 Å². The van der Waals surface area contributed by atoms with Crippen molar-refractivity contribution in [3.05, 3.63) is 41.0 Å². The van der Waals surface area contributed by atoms with Gasteiger partial charge in [-0.05, 0) is 25.0 Å². The summed E-state index contributed by atoms with van der Waals surface area (Å²) in [4.78, 5) is 16.3. The van der Waals surface area contributed by atoms with Crippen LogP contribution >= 0.6 is 11.6 Å². The number of benzene rings is 1. The van der Waals surface area contributed by atoms with Crippen molar-refractivity contribution in [1.82, 2.24) is 10.3 Å². The van der Waals surface area contributed by atoms with E-state index in [2.05, 4.69) is 10.3 Å². The van der Waals surface area contributed by atoms with Gasteiger partial charge in [0.05, 0.1) is 10.5 Å². The molecule has 2 aromatic rings. The summed E-state index contributed by atoms with van der Waals surface area (Å²) in [5.41, 5.74) is 1.07. The number of unbranched alkanes of at least 4 members (excludes halogenated alkanes) is 1. The first kappa shape index (κ1) is 14.8. The molecule has 0 saturated heterocycles. The first-order chi connectivity index (χ1) is 9.72. The minimum absolute atomic E-state index is 0.199. The average Bonchev–Trinajstić information content (AvgIpc) is 2.47. The van der Waals surface area contributed by atoms with Crippen LogP contribution in [-0.2, 0) is 4.74 Å². The maximum Gasteiger partial charge on any atom is 0.269 e. The van der Waals surface area contributed by atoms with E-state index in [1.165, 1.54) is 0 Å². The smallest absolute Gasteiger partial charge is 0.269 e. The van der Waals surface area contributed by atoms with Gasteiger partial charge >= 0.3 is 0 Å². The number of aromatic nitrogens is 1. The number of para-hydroxylation sites is 1. The maximum atomic E-state index is 12.0. The number of pyridine rings is 1. The van der Waals surface area contributed by atoms with Gasteiger partial charge in [0.2, 0.25) is 0 Å². The Bertz CT molecular complexity index is 601. The van der Waals surface area contributed by atoms with Gasteiger partial charge < -0.3 is 10.1 Å². The highest BCUT2D eigenvalue weighted by Gasteiger charge is 2.10. The number of hydrogen-bond donors (Lipinski definition) is 1. The highest BCUT2D eigenvalue weighted by atomic mass is 35.5. The lowest BCUT2D eigenvalue weighted by atomic mass is 10.2. The largest absolute Gasteiger partial charge is 0.385 e. The molecule has 0 radical (unpaired) electrons. The zero-order chi connectivity index (χ0) is 14.4. The van der Waals surface area contributed by atoms with Crippen molar-refractivity contribution in [2.75, 3.05) is 20.3 Å². The third-order valence-corrected chi connectivity index (χ3v) is 3.27. The van der Waals surface area contributed by atoms with Crippen LogP contribution in [0, 0.1) is 0 Å². The number of rotatable bonds is 6. The molecule has 106 valence electrons.